The zero-order chi connectivity index (χ0) is 34.9. The molecule has 9 aromatic carbocycles. The molecule has 2 heterocycles. The van der Waals surface area contributed by atoms with Crippen molar-refractivity contribution in [2.45, 2.75) is 0 Å². The number of hydrogen-bond donors (Lipinski definition) is 0. The zero-order valence-electron chi connectivity index (χ0n) is 28.8. The van der Waals surface area contributed by atoms with Crippen molar-refractivity contribution in [3.63, 3.8) is 0 Å². The number of benzene rings is 9. The Balaban J connectivity index is 1.23. The van der Waals surface area contributed by atoms with Crippen LogP contribution in [0.3, 0.4) is 0 Å². The Kier molecular flexibility index (Phi) is 6.76. The van der Waals surface area contributed by atoms with E-state index in [0.717, 1.165) is 17.1 Å². The predicted octanol–water partition coefficient (Wildman–Crippen LogP) is 14.6. The molecule has 0 aliphatic rings. The van der Waals surface area contributed by atoms with Crippen LogP contribution >= 0.6 is 11.3 Å². The molecule has 0 aliphatic carbocycles. The first-order chi connectivity index (χ1) is 26.3. The summed E-state index contributed by atoms with van der Waals surface area (Å²) >= 11 is 1.90. The summed E-state index contributed by atoms with van der Waals surface area (Å²) in [4.78, 5) is 2.51. The van der Waals surface area contributed by atoms with Crippen LogP contribution in [0.5, 0.6) is 0 Å². The normalized spacial score (nSPS) is 11.8. The SMILES string of the molecule is c1ccc(-c2ccc(N(c3ccc4c(c3)c3ccccc3n4-c3ccccc3)c3cccc4c3sc3c5ccccc5ccc43)c3ccccc23)cc1. The van der Waals surface area contributed by atoms with E-state index >= 15 is 0 Å². The summed E-state index contributed by atoms with van der Waals surface area (Å²) in [5, 5.41) is 10.1. The van der Waals surface area contributed by atoms with Crippen LogP contribution in [0.25, 0.3) is 80.3 Å². The third-order valence-corrected chi connectivity index (χ3v) is 12.0. The van der Waals surface area contributed by atoms with E-state index in [1.165, 1.54) is 80.3 Å². The zero-order valence-corrected chi connectivity index (χ0v) is 29.6. The maximum atomic E-state index is 2.51. The highest BCUT2D eigenvalue weighted by molar-refractivity contribution is 7.27. The summed E-state index contributed by atoms with van der Waals surface area (Å²) < 4.78 is 5.00. The average molecular weight is 693 g/mol. The standard InChI is InChI=1S/C50H32N2S/c1-3-14-33(15-4-1)37-29-31-46(40-21-10-9-20-39(37)40)52(48-25-13-23-42-43-28-26-34-16-7-8-19-38(34)49(43)53-50(42)48)36-27-30-47-44(32-36)41-22-11-12-24-45(41)51(47)35-17-5-2-6-18-35/h1-32H. The molecule has 248 valence electrons. The van der Waals surface area contributed by atoms with Gasteiger partial charge in [0.15, 0.2) is 0 Å². The van der Waals surface area contributed by atoms with E-state index in [4.69, 9.17) is 0 Å². The minimum atomic E-state index is 1.13. The molecule has 2 nitrogen and oxygen atoms in total. The van der Waals surface area contributed by atoms with Crippen molar-refractivity contribution in [3.05, 3.63) is 194 Å². The lowest BCUT2D eigenvalue weighted by Crippen LogP contribution is -2.11. The molecule has 0 unspecified atom stereocenters. The van der Waals surface area contributed by atoms with Crippen LogP contribution in [0, 0.1) is 0 Å². The van der Waals surface area contributed by atoms with Crippen LogP contribution < -0.4 is 4.90 Å². The van der Waals surface area contributed by atoms with Crippen LogP contribution in [-0.2, 0) is 0 Å². The van der Waals surface area contributed by atoms with E-state index in [2.05, 4.69) is 204 Å². The second kappa shape index (κ2) is 11.9. The summed E-state index contributed by atoms with van der Waals surface area (Å²) in [5.74, 6) is 0. The molecule has 0 amide bonds. The highest BCUT2D eigenvalue weighted by Gasteiger charge is 2.23. The fourth-order valence-electron chi connectivity index (χ4n) is 8.40. The summed E-state index contributed by atoms with van der Waals surface area (Å²) in [6.45, 7) is 0. The number of thiophene rings is 1. The van der Waals surface area contributed by atoms with Gasteiger partial charge in [0.05, 0.1) is 27.1 Å². The molecule has 2 aromatic heterocycles. The van der Waals surface area contributed by atoms with Gasteiger partial charge in [0.2, 0.25) is 0 Å². The molecule has 0 fully saturated rings. The molecule has 0 spiro atoms. The topological polar surface area (TPSA) is 8.17 Å². The first-order valence-electron chi connectivity index (χ1n) is 18.1. The third-order valence-electron chi connectivity index (χ3n) is 10.8. The summed E-state index contributed by atoms with van der Waals surface area (Å²) in [6.07, 6.45) is 0. The van der Waals surface area contributed by atoms with Gasteiger partial charge in [-0.05, 0) is 75.8 Å². The van der Waals surface area contributed by atoms with E-state index in [1.54, 1.807) is 0 Å². The Labute approximate surface area is 311 Å². The van der Waals surface area contributed by atoms with E-state index < -0.39 is 0 Å². The number of nitrogens with zero attached hydrogens (tertiary/aromatic N) is 2. The lowest BCUT2D eigenvalue weighted by Gasteiger charge is -2.28. The largest absolute Gasteiger partial charge is 0.309 e. The van der Waals surface area contributed by atoms with Gasteiger partial charge in [-0.15, -0.1) is 11.3 Å². The van der Waals surface area contributed by atoms with E-state index in [-0.39, 0.29) is 0 Å². The number of para-hydroxylation sites is 2. The Morgan fingerprint density at radius 2 is 1.04 bits per heavy atom. The van der Waals surface area contributed by atoms with Crippen LogP contribution in [0.2, 0.25) is 0 Å². The van der Waals surface area contributed by atoms with Gasteiger partial charge in [-0.3, -0.25) is 0 Å². The third kappa shape index (κ3) is 4.64. The average Bonchev–Trinajstić information content (AvgIpc) is 3.78. The maximum Gasteiger partial charge on any atom is 0.0640 e. The Morgan fingerprint density at radius 3 is 1.89 bits per heavy atom. The molecule has 53 heavy (non-hydrogen) atoms. The van der Waals surface area contributed by atoms with Crippen molar-refractivity contribution >= 4 is 91.9 Å². The molecule has 3 heteroatoms. The first kappa shape index (κ1) is 30.0. The second-order valence-electron chi connectivity index (χ2n) is 13.7. The van der Waals surface area contributed by atoms with E-state index in [9.17, 15) is 0 Å². The van der Waals surface area contributed by atoms with Crippen molar-refractivity contribution in [1.29, 1.82) is 0 Å². The minimum Gasteiger partial charge on any atom is -0.309 e. The summed E-state index contributed by atoms with van der Waals surface area (Å²) in [6, 6.07) is 70.9. The fraction of sp³-hybridized carbons (Fsp3) is 0. The molecule has 0 aliphatic heterocycles. The molecule has 0 atom stereocenters. The molecular weight excluding hydrogens is 661 g/mol. The molecule has 0 radical (unpaired) electrons. The Morgan fingerprint density at radius 1 is 0.377 bits per heavy atom. The Bertz CT molecular complexity index is 3170. The van der Waals surface area contributed by atoms with Gasteiger partial charge < -0.3 is 9.47 Å². The predicted molar refractivity (Wildman–Crippen MR) is 229 cm³/mol. The van der Waals surface area contributed by atoms with Gasteiger partial charge in [0, 0.05) is 43.0 Å². The smallest absolute Gasteiger partial charge is 0.0640 e. The molecule has 11 aromatic rings. The quantitative estimate of drug-likeness (QED) is 0.174. The lowest BCUT2D eigenvalue weighted by molar-refractivity contribution is 1.18. The van der Waals surface area contributed by atoms with E-state index in [1.807, 2.05) is 11.3 Å². The van der Waals surface area contributed by atoms with Crippen LogP contribution in [0.4, 0.5) is 17.1 Å². The molecule has 0 saturated carbocycles. The van der Waals surface area contributed by atoms with Crippen molar-refractivity contribution in [2.75, 3.05) is 4.90 Å². The second-order valence-corrected chi connectivity index (χ2v) is 14.7. The Hall–Kier alpha value is -6.68. The van der Waals surface area contributed by atoms with Crippen molar-refractivity contribution in [3.8, 4) is 16.8 Å². The van der Waals surface area contributed by atoms with Crippen molar-refractivity contribution in [2.24, 2.45) is 0 Å². The van der Waals surface area contributed by atoms with Gasteiger partial charge >= 0.3 is 0 Å². The van der Waals surface area contributed by atoms with Crippen LogP contribution in [-0.4, -0.2) is 4.57 Å². The van der Waals surface area contributed by atoms with Gasteiger partial charge in [-0.1, -0.05) is 146 Å². The lowest BCUT2D eigenvalue weighted by atomic mass is 9.96. The minimum absolute atomic E-state index is 1.13. The van der Waals surface area contributed by atoms with Gasteiger partial charge in [0.1, 0.15) is 0 Å². The number of rotatable bonds is 5. The van der Waals surface area contributed by atoms with Crippen molar-refractivity contribution in [1.82, 2.24) is 4.57 Å². The highest BCUT2D eigenvalue weighted by Crippen LogP contribution is 2.49. The van der Waals surface area contributed by atoms with Crippen molar-refractivity contribution < 1.29 is 0 Å². The molecule has 0 bridgehead atoms. The monoisotopic (exact) mass is 692 g/mol. The molecule has 0 N–H and O–H groups in total. The van der Waals surface area contributed by atoms with Gasteiger partial charge in [-0.25, -0.2) is 0 Å². The number of aromatic nitrogens is 1. The number of anilines is 3. The highest BCUT2D eigenvalue weighted by atomic mass is 32.1. The van der Waals surface area contributed by atoms with Gasteiger partial charge in [0.25, 0.3) is 0 Å². The molecule has 11 rings (SSSR count). The fourth-order valence-corrected chi connectivity index (χ4v) is 9.74. The summed E-state index contributed by atoms with van der Waals surface area (Å²) in [5.41, 5.74) is 9.46. The van der Waals surface area contributed by atoms with Crippen LogP contribution in [0.1, 0.15) is 0 Å². The van der Waals surface area contributed by atoms with E-state index in [0.29, 0.717) is 0 Å². The molecule has 0 saturated heterocycles. The van der Waals surface area contributed by atoms with Crippen LogP contribution in [0.15, 0.2) is 194 Å². The number of fused-ring (bicyclic) bond motifs is 9. The van der Waals surface area contributed by atoms with Gasteiger partial charge in [-0.2, -0.15) is 0 Å². The molecular formula is C50H32N2S. The number of hydrogen-bond acceptors (Lipinski definition) is 2. The summed E-state index contributed by atoms with van der Waals surface area (Å²) in [7, 11) is 0. The first-order valence-corrected chi connectivity index (χ1v) is 18.9. The maximum absolute atomic E-state index is 2.51.